The number of rotatable bonds is 7. The van der Waals surface area contributed by atoms with Crippen molar-refractivity contribution in [3.05, 3.63) is 44.9 Å². The lowest BCUT2D eigenvalue weighted by Gasteiger charge is -2.12. The summed E-state index contributed by atoms with van der Waals surface area (Å²) < 4.78 is 5.16. The van der Waals surface area contributed by atoms with Crippen molar-refractivity contribution in [1.29, 1.82) is 0 Å². The van der Waals surface area contributed by atoms with Crippen LogP contribution >= 0.6 is 22.9 Å². The Hall–Kier alpha value is -1.79. The van der Waals surface area contributed by atoms with E-state index in [9.17, 15) is 0 Å². The van der Waals surface area contributed by atoms with Crippen molar-refractivity contribution in [1.82, 2.24) is 15.6 Å². The van der Waals surface area contributed by atoms with Crippen molar-refractivity contribution in [2.24, 2.45) is 4.99 Å². The smallest absolute Gasteiger partial charge is 0.190 e. The predicted octanol–water partition coefficient (Wildman–Crippen LogP) is 3.06. The van der Waals surface area contributed by atoms with E-state index in [0.717, 1.165) is 58.9 Å². The largest absolute Gasteiger partial charge is 0.497 e. The average Bonchev–Trinajstić information content (AvgIpc) is 3.00. The molecule has 24 heavy (non-hydrogen) atoms. The number of methoxy groups -OCH3 is 1. The van der Waals surface area contributed by atoms with E-state index in [1.165, 1.54) is 0 Å². The van der Waals surface area contributed by atoms with Crippen molar-refractivity contribution in [3.63, 3.8) is 0 Å². The van der Waals surface area contributed by atoms with Crippen LogP contribution in [0.3, 0.4) is 0 Å². The monoisotopic (exact) mass is 366 g/mol. The minimum Gasteiger partial charge on any atom is -0.497 e. The van der Waals surface area contributed by atoms with Crippen molar-refractivity contribution in [2.45, 2.75) is 19.8 Å². The lowest BCUT2D eigenvalue weighted by Crippen LogP contribution is -2.39. The fraction of sp³-hybridized carbons (Fsp3) is 0.412. The Morgan fingerprint density at radius 3 is 2.62 bits per heavy atom. The van der Waals surface area contributed by atoms with Gasteiger partial charge in [-0.2, -0.15) is 0 Å². The molecule has 0 unspecified atom stereocenters. The molecule has 7 heteroatoms. The second-order valence-corrected chi connectivity index (χ2v) is 6.71. The molecule has 0 amide bonds. The quantitative estimate of drug-likeness (QED) is 0.584. The van der Waals surface area contributed by atoms with Crippen LogP contribution in [0.4, 0.5) is 0 Å². The maximum Gasteiger partial charge on any atom is 0.190 e. The van der Waals surface area contributed by atoms with Crippen LogP contribution in [0.25, 0.3) is 0 Å². The van der Waals surface area contributed by atoms with Gasteiger partial charge in [0.2, 0.25) is 0 Å². The normalized spacial score (nSPS) is 11.4. The van der Waals surface area contributed by atoms with Crippen molar-refractivity contribution < 1.29 is 4.74 Å². The Morgan fingerprint density at radius 2 is 2.04 bits per heavy atom. The molecule has 2 aromatic rings. The molecule has 0 bridgehead atoms. The topological polar surface area (TPSA) is 58.5 Å². The van der Waals surface area contributed by atoms with Crippen molar-refractivity contribution in [2.75, 3.05) is 27.2 Å². The van der Waals surface area contributed by atoms with Gasteiger partial charge in [0.05, 0.1) is 17.8 Å². The molecular formula is C17H23ClN4OS. The van der Waals surface area contributed by atoms with E-state index in [1.54, 1.807) is 25.5 Å². The average molecular weight is 367 g/mol. The number of guanidine groups is 1. The molecule has 0 aliphatic heterocycles. The minimum atomic E-state index is 0.720. The molecule has 5 nitrogen and oxygen atoms in total. The second-order valence-electron chi connectivity index (χ2n) is 5.24. The maximum atomic E-state index is 6.25. The summed E-state index contributed by atoms with van der Waals surface area (Å²) >= 11 is 7.93. The number of aromatic nitrogens is 1. The maximum absolute atomic E-state index is 6.25. The first-order chi connectivity index (χ1) is 11.6. The molecule has 0 saturated heterocycles. The third kappa shape index (κ3) is 5.69. The van der Waals surface area contributed by atoms with Gasteiger partial charge in [0.15, 0.2) is 5.96 Å². The van der Waals surface area contributed by atoms with Crippen LogP contribution in [0.2, 0.25) is 5.02 Å². The molecule has 0 saturated carbocycles. The predicted molar refractivity (Wildman–Crippen MR) is 102 cm³/mol. The summed E-state index contributed by atoms with van der Waals surface area (Å²) in [5.74, 6) is 1.55. The highest BCUT2D eigenvalue weighted by Gasteiger charge is 2.04. The number of nitrogens with zero attached hydrogens (tertiary/aromatic N) is 2. The van der Waals surface area contributed by atoms with E-state index in [2.05, 4.69) is 26.0 Å². The van der Waals surface area contributed by atoms with Crippen molar-refractivity contribution in [3.8, 4) is 5.75 Å². The summed E-state index contributed by atoms with van der Waals surface area (Å²) in [5.41, 5.74) is 2.20. The van der Waals surface area contributed by atoms with Crippen LogP contribution in [-0.2, 0) is 12.8 Å². The number of halogens is 1. The van der Waals surface area contributed by atoms with Gasteiger partial charge in [-0.3, -0.25) is 4.99 Å². The molecule has 0 spiro atoms. The summed E-state index contributed by atoms with van der Waals surface area (Å²) in [4.78, 5) is 8.68. The first-order valence-electron chi connectivity index (χ1n) is 7.80. The number of aryl methyl sites for hydroxylation is 1. The second kappa shape index (κ2) is 9.49. The van der Waals surface area contributed by atoms with Crippen LogP contribution in [-0.4, -0.2) is 38.2 Å². The standard InChI is InChI=1S/C17H23ClN4OS/c1-12-22-14(11-24-12)7-9-21-17(19-2)20-8-6-13-4-5-15(23-3)10-16(13)18/h4-5,10-11H,6-9H2,1-3H3,(H2,19,20,21). The molecule has 2 N–H and O–H groups in total. The molecule has 0 radical (unpaired) electrons. The highest BCUT2D eigenvalue weighted by atomic mass is 35.5. The van der Waals surface area contributed by atoms with Crippen LogP contribution < -0.4 is 15.4 Å². The highest BCUT2D eigenvalue weighted by Crippen LogP contribution is 2.22. The molecular weight excluding hydrogens is 344 g/mol. The number of hydrogen-bond acceptors (Lipinski definition) is 4. The zero-order chi connectivity index (χ0) is 17.4. The van der Waals surface area contributed by atoms with E-state index >= 15 is 0 Å². The molecule has 0 aliphatic rings. The number of benzene rings is 1. The number of thiazole rings is 1. The summed E-state index contributed by atoms with van der Waals surface area (Å²) in [6, 6.07) is 5.74. The molecule has 0 fully saturated rings. The summed E-state index contributed by atoms with van der Waals surface area (Å²) in [6.45, 7) is 3.57. The third-order valence-electron chi connectivity index (χ3n) is 3.51. The summed E-state index contributed by atoms with van der Waals surface area (Å²) in [7, 11) is 3.40. The Bertz CT molecular complexity index is 687. The fourth-order valence-electron chi connectivity index (χ4n) is 2.23. The van der Waals surface area contributed by atoms with E-state index in [0.29, 0.717) is 0 Å². The first-order valence-corrected chi connectivity index (χ1v) is 9.06. The van der Waals surface area contributed by atoms with Gasteiger partial charge in [-0.1, -0.05) is 17.7 Å². The van der Waals surface area contributed by atoms with Gasteiger partial charge in [0, 0.05) is 37.0 Å². The molecule has 1 heterocycles. The van der Waals surface area contributed by atoms with E-state index in [-0.39, 0.29) is 0 Å². The fourth-order valence-corrected chi connectivity index (χ4v) is 3.14. The van der Waals surface area contributed by atoms with Gasteiger partial charge in [0.25, 0.3) is 0 Å². The molecule has 1 aromatic heterocycles. The van der Waals surface area contributed by atoms with Crippen LogP contribution in [0.15, 0.2) is 28.6 Å². The third-order valence-corrected chi connectivity index (χ3v) is 4.68. The van der Waals surface area contributed by atoms with Gasteiger partial charge in [-0.15, -0.1) is 11.3 Å². The lowest BCUT2D eigenvalue weighted by atomic mass is 10.1. The van der Waals surface area contributed by atoms with Crippen molar-refractivity contribution >= 4 is 28.9 Å². The molecule has 0 aliphatic carbocycles. The van der Waals surface area contributed by atoms with Crippen LogP contribution in [0.5, 0.6) is 5.75 Å². The molecule has 1 aromatic carbocycles. The molecule has 130 valence electrons. The first kappa shape index (κ1) is 18.5. The van der Waals surface area contributed by atoms with Gasteiger partial charge in [-0.05, 0) is 31.0 Å². The number of nitrogens with one attached hydrogen (secondary N) is 2. The minimum absolute atomic E-state index is 0.720. The number of aliphatic imine (C=N–C) groups is 1. The van der Waals surface area contributed by atoms with Gasteiger partial charge in [0.1, 0.15) is 5.75 Å². The van der Waals surface area contributed by atoms with E-state index in [4.69, 9.17) is 16.3 Å². The van der Waals surface area contributed by atoms with E-state index < -0.39 is 0 Å². The van der Waals surface area contributed by atoms with Gasteiger partial charge >= 0.3 is 0 Å². The zero-order valence-electron chi connectivity index (χ0n) is 14.2. The van der Waals surface area contributed by atoms with Crippen LogP contribution in [0.1, 0.15) is 16.3 Å². The summed E-state index contributed by atoms with van der Waals surface area (Å²) in [6.07, 6.45) is 1.70. The lowest BCUT2D eigenvalue weighted by molar-refractivity contribution is 0.414. The Morgan fingerprint density at radius 1 is 1.29 bits per heavy atom. The van der Waals surface area contributed by atoms with Gasteiger partial charge in [-0.25, -0.2) is 4.98 Å². The number of ether oxygens (including phenoxy) is 1. The Balaban J connectivity index is 1.73. The SMILES string of the molecule is CN=C(NCCc1csc(C)n1)NCCc1ccc(OC)cc1Cl. The number of hydrogen-bond donors (Lipinski definition) is 2. The molecule has 2 rings (SSSR count). The Kier molecular flexibility index (Phi) is 7.34. The van der Waals surface area contributed by atoms with Gasteiger partial charge < -0.3 is 15.4 Å². The zero-order valence-corrected chi connectivity index (χ0v) is 15.8. The van der Waals surface area contributed by atoms with E-state index in [1.807, 2.05) is 25.1 Å². The summed E-state index contributed by atoms with van der Waals surface area (Å²) in [5, 5.41) is 10.5. The van der Waals surface area contributed by atoms with Crippen LogP contribution in [0, 0.1) is 6.92 Å². The molecule has 0 atom stereocenters. The highest BCUT2D eigenvalue weighted by molar-refractivity contribution is 7.09. The Labute approximate surface area is 152 Å².